The monoisotopic (exact) mass is 242 g/mol. The number of aromatic nitrogens is 2. The van der Waals surface area contributed by atoms with Crippen LogP contribution in [0.2, 0.25) is 0 Å². The number of pyridine rings is 2. The van der Waals surface area contributed by atoms with Crippen LogP contribution in [0.25, 0.3) is 11.3 Å². The van der Waals surface area contributed by atoms with Crippen LogP contribution in [-0.4, -0.2) is 22.5 Å². The van der Waals surface area contributed by atoms with Gasteiger partial charge >= 0.3 is 5.97 Å². The Morgan fingerprint density at radius 1 is 1.33 bits per heavy atom. The van der Waals surface area contributed by atoms with E-state index in [9.17, 15) is 4.79 Å². The molecule has 4 nitrogen and oxygen atoms in total. The molecule has 0 amide bonds. The SMILES string of the molecule is CCOC(=O)c1ccc(-c2cccnc2)nc1C. The van der Waals surface area contributed by atoms with Crippen LogP contribution in [0.3, 0.4) is 0 Å². The van der Waals surface area contributed by atoms with Crippen molar-refractivity contribution >= 4 is 5.97 Å². The van der Waals surface area contributed by atoms with E-state index in [2.05, 4.69) is 9.97 Å². The predicted molar refractivity (Wildman–Crippen MR) is 68.2 cm³/mol. The summed E-state index contributed by atoms with van der Waals surface area (Å²) in [5.41, 5.74) is 2.89. The van der Waals surface area contributed by atoms with Crippen molar-refractivity contribution < 1.29 is 9.53 Å². The fraction of sp³-hybridized carbons (Fsp3) is 0.214. The lowest BCUT2D eigenvalue weighted by atomic mass is 10.1. The average Bonchev–Trinajstić information content (AvgIpc) is 2.40. The van der Waals surface area contributed by atoms with Gasteiger partial charge < -0.3 is 4.74 Å². The molecule has 0 atom stereocenters. The first-order chi connectivity index (χ1) is 8.72. The topological polar surface area (TPSA) is 52.1 Å². The summed E-state index contributed by atoms with van der Waals surface area (Å²) in [6.45, 7) is 3.94. The van der Waals surface area contributed by atoms with Gasteiger partial charge in [0.2, 0.25) is 0 Å². The number of aryl methyl sites for hydroxylation is 1. The molecule has 0 saturated carbocycles. The molecular weight excluding hydrogens is 228 g/mol. The molecular formula is C14H14N2O2. The third kappa shape index (κ3) is 2.53. The Hall–Kier alpha value is -2.23. The quantitative estimate of drug-likeness (QED) is 0.776. The molecule has 0 unspecified atom stereocenters. The van der Waals surface area contributed by atoms with Crippen LogP contribution in [0.15, 0.2) is 36.7 Å². The molecule has 2 aromatic rings. The Bertz CT molecular complexity index is 553. The molecule has 0 radical (unpaired) electrons. The highest BCUT2D eigenvalue weighted by molar-refractivity contribution is 5.90. The zero-order valence-electron chi connectivity index (χ0n) is 10.4. The molecule has 0 aliphatic carbocycles. The highest BCUT2D eigenvalue weighted by Crippen LogP contribution is 2.18. The van der Waals surface area contributed by atoms with Gasteiger partial charge in [0.05, 0.1) is 23.6 Å². The van der Waals surface area contributed by atoms with Gasteiger partial charge in [-0.05, 0) is 38.1 Å². The van der Waals surface area contributed by atoms with Crippen LogP contribution in [-0.2, 0) is 4.74 Å². The van der Waals surface area contributed by atoms with E-state index >= 15 is 0 Å². The van der Waals surface area contributed by atoms with Gasteiger partial charge in [-0.2, -0.15) is 0 Å². The van der Waals surface area contributed by atoms with Crippen molar-refractivity contribution in [3.63, 3.8) is 0 Å². The van der Waals surface area contributed by atoms with Gasteiger partial charge in [-0.15, -0.1) is 0 Å². The first-order valence-electron chi connectivity index (χ1n) is 5.77. The van der Waals surface area contributed by atoms with Gasteiger partial charge in [-0.25, -0.2) is 4.79 Å². The van der Waals surface area contributed by atoms with Crippen molar-refractivity contribution in [1.82, 2.24) is 9.97 Å². The van der Waals surface area contributed by atoms with Gasteiger partial charge in [0, 0.05) is 18.0 Å². The average molecular weight is 242 g/mol. The lowest BCUT2D eigenvalue weighted by molar-refractivity contribution is 0.0525. The van der Waals surface area contributed by atoms with E-state index in [4.69, 9.17) is 4.74 Å². The van der Waals surface area contributed by atoms with Crippen molar-refractivity contribution in [1.29, 1.82) is 0 Å². The van der Waals surface area contributed by atoms with Gasteiger partial charge in [0.25, 0.3) is 0 Å². The fourth-order valence-corrected chi connectivity index (χ4v) is 1.66. The summed E-state index contributed by atoms with van der Waals surface area (Å²) >= 11 is 0. The van der Waals surface area contributed by atoms with Crippen molar-refractivity contribution in [3.8, 4) is 11.3 Å². The van der Waals surface area contributed by atoms with Crippen LogP contribution in [0.5, 0.6) is 0 Å². The Balaban J connectivity index is 2.34. The van der Waals surface area contributed by atoms with E-state index in [1.165, 1.54) is 0 Å². The van der Waals surface area contributed by atoms with Crippen LogP contribution in [0, 0.1) is 6.92 Å². The minimum Gasteiger partial charge on any atom is -0.462 e. The molecule has 0 saturated heterocycles. The molecule has 2 heterocycles. The highest BCUT2D eigenvalue weighted by atomic mass is 16.5. The summed E-state index contributed by atoms with van der Waals surface area (Å²) in [7, 11) is 0. The normalized spacial score (nSPS) is 10.1. The maximum Gasteiger partial charge on any atom is 0.339 e. The molecule has 0 aromatic carbocycles. The van der Waals surface area contributed by atoms with E-state index in [-0.39, 0.29) is 5.97 Å². The number of carbonyl (C=O) groups is 1. The largest absolute Gasteiger partial charge is 0.462 e. The van der Waals surface area contributed by atoms with Gasteiger partial charge in [-0.3, -0.25) is 9.97 Å². The lowest BCUT2D eigenvalue weighted by Crippen LogP contribution is -2.08. The summed E-state index contributed by atoms with van der Waals surface area (Å²) < 4.78 is 4.96. The van der Waals surface area contributed by atoms with Crippen molar-refractivity contribution in [2.24, 2.45) is 0 Å². The number of esters is 1. The Kier molecular flexibility index (Phi) is 3.67. The Morgan fingerprint density at radius 3 is 2.78 bits per heavy atom. The maximum atomic E-state index is 11.6. The van der Waals surface area contributed by atoms with Crippen LogP contribution in [0.1, 0.15) is 23.0 Å². The van der Waals surface area contributed by atoms with E-state index < -0.39 is 0 Å². The fourth-order valence-electron chi connectivity index (χ4n) is 1.66. The zero-order chi connectivity index (χ0) is 13.0. The van der Waals surface area contributed by atoms with E-state index in [0.29, 0.717) is 17.9 Å². The summed E-state index contributed by atoms with van der Waals surface area (Å²) in [5.74, 6) is -0.333. The second kappa shape index (κ2) is 5.40. The van der Waals surface area contributed by atoms with Gasteiger partial charge in [0.1, 0.15) is 0 Å². The second-order valence-corrected chi connectivity index (χ2v) is 3.79. The molecule has 0 aliphatic heterocycles. The van der Waals surface area contributed by atoms with Crippen molar-refractivity contribution in [3.05, 3.63) is 47.9 Å². The number of hydrogen-bond acceptors (Lipinski definition) is 4. The standard InChI is InChI=1S/C14H14N2O2/c1-3-18-14(17)12-6-7-13(16-10(12)2)11-5-4-8-15-9-11/h4-9H,3H2,1-2H3. The molecule has 2 rings (SSSR count). The number of carbonyl (C=O) groups excluding carboxylic acids is 1. The summed E-state index contributed by atoms with van der Waals surface area (Å²) in [4.78, 5) is 20.1. The number of ether oxygens (including phenoxy) is 1. The van der Waals surface area contributed by atoms with Crippen LogP contribution < -0.4 is 0 Å². The minimum atomic E-state index is -0.333. The van der Waals surface area contributed by atoms with Crippen LogP contribution in [0.4, 0.5) is 0 Å². The van der Waals surface area contributed by atoms with Crippen molar-refractivity contribution in [2.45, 2.75) is 13.8 Å². The number of rotatable bonds is 3. The molecule has 0 N–H and O–H groups in total. The molecule has 18 heavy (non-hydrogen) atoms. The highest BCUT2D eigenvalue weighted by Gasteiger charge is 2.11. The third-order valence-corrected chi connectivity index (χ3v) is 2.54. The molecule has 0 fully saturated rings. The number of hydrogen-bond donors (Lipinski definition) is 0. The summed E-state index contributed by atoms with van der Waals surface area (Å²) in [6.07, 6.45) is 3.45. The summed E-state index contributed by atoms with van der Waals surface area (Å²) in [6, 6.07) is 7.32. The van der Waals surface area contributed by atoms with Crippen molar-refractivity contribution in [2.75, 3.05) is 6.61 Å². The molecule has 92 valence electrons. The zero-order valence-corrected chi connectivity index (χ0v) is 10.4. The molecule has 0 spiro atoms. The van der Waals surface area contributed by atoms with E-state index in [1.807, 2.05) is 12.1 Å². The van der Waals surface area contributed by atoms with Gasteiger partial charge in [-0.1, -0.05) is 0 Å². The maximum absolute atomic E-state index is 11.6. The Morgan fingerprint density at radius 2 is 2.17 bits per heavy atom. The van der Waals surface area contributed by atoms with E-state index in [0.717, 1.165) is 11.3 Å². The minimum absolute atomic E-state index is 0.333. The molecule has 2 aromatic heterocycles. The smallest absolute Gasteiger partial charge is 0.339 e. The third-order valence-electron chi connectivity index (χ3n) is 2.54. The van der Waals surface area contributed by atoms with Gasteiger partial charge in [0.15, 0.2) is 0 Å². The molecule has 4 heteroatoms. The first kappa shape index (κ1) is 12.2. The second-order valence-electron chi connectivity index (χ2n) is 3.79. The van der Waals surface area contributed by atoms with E-state index in [1.54, 1.807) is 38.4 Å². The lowest BCUT2D eigenvalue weighted by Gasteiger charge is -2.07. The number of nitrogens with zero attached hydrogens (tertiary/aromatic N) is 2. The molecule has 0 bridgehead atoms. The van der Waals surface area contributed by atoms with Crippen LogP contribution >= 0.6 is 0 Å². The predicted octanol–water partition coefficient (Wildman–Crippen LogP) is 2.63. The Labute approximate surface area is 106 Å². The summed E-state index contributed by atoms with van der Waals surface area (Å²) in [5, 5.41) is 0. The molecule has 0 aliphatic rings. The first-order valence-corrected chi connectivity index (χ1v) is 5.77.